The number of rotatable bonds is 4. The van der Waals surface area contributed by atoms with Crippen LogP contribution >= 0.6 is 0 Å². The van der Waals surface area contributed by atoms with Crippen LogP contribution in [0.3, 0.4) is 0 Å². The van der Waals surface area contributed by atoms with Gasteiger partial charge in [0.25, 0.3) is 0 Å². The number of aromatic nitrogens is 4. The maximum Gasteiger partial charge on any atom is 0.164 e. The molecule has 0 fully saturated rings. The van der Waals surface area contributed by atoms with Crippen molar-refractivity contribution in [3.63, 3.8) is 0 Å². The van der Waals surface area contributed by atoms with Crippen molar-refractivity contribution in [1.29, 1.82) is 0 Å². The van der Waals surface area contributed by atoms with Gasteiger partial charge in [-0.1, -0.05) is 158 Å². The Morgan fingerprint density at radius 2 is 0.709 bits per heavy atom. The molecule has 0 atom stereocenters. The van der Waals surface area contributed by atoms with Crippen LogP contribution in [0.25, 0.3) is 116 Å². The molecule has 0 N–H and O–H groups in total. The summed E-state index contributed by atoms with van der Waals surface area (Å²) >= 11 is 0. The van der Waals surface area contributed by atoms with Crippen LogP contribution in [-0.4, -0.2) is 19.5 Å². The second kappa shape index (κ2) is 11.5. The van der Waals surface area contributed by atoms with E-state index in [1.165, 1.54) is 64.9 Å². The Morgan fingerprint density at radius 3 is 1.25 bits per heavy atom. The van der Waals surface area contributed by atoms with Gasteiger partial charge in [0.1, 0.15) is 0 Å². The Balaban J connectivity index is 1.20. The van der Waals surface area contributed by atoms with Crippen LogP contribution in [0.4, 0.5) is 0 Å². The molecule has 0 saturated heterocycles. The molecule has 0 saturated carbocycles. The third-order valence-electron chi connectivity index (χ3n) is 11.4. The molecule has 2 aromatic heterocycles. The predicted molar refractivity (Wildman–Crippen MR) is 229 cm³/mol. The minimum atomic E-state index is 0.648. The van der Waals surface area contributed by atoms with E-state index in [9.17, 15) is 0 Å². The first-order valence-corrected chi connectivity index (χ1v) is 18.7. The molecule has 0 unspecified atom stereocenters. The largest absolute Gasteiger partial charge is 0.309 e. The summed E-state index contributed by atoms with van der Waals surface area (Å²) in [6.45, 7) is 0. The molecule has 12 rings (SSSR count). The lowest BCUT2D eigenvalue weighted by molar-refractivity contribution is 1.08. The average Bonchev–Trinajstić information content (AvgIpc) is 3.61. The van der Waals surface area contributed by atoms with Gasteiger partial charge in [0.2, 0.25) is 0 Å². The monoisotopic (exact) mass is 698 g/mol. The van der Waals surface area contributed by atoms with Gasteiger partial charge in [0.15, 0.2) is 17.5 Å². The molecule has 0 aliphatic carbocycles. The van der Waals surface area contributed by atoms with Crippen molar-refractivity contribution in [2.75, 3.05) is 0 Å². The van der Waals surface area contributed by atoms with Crippen LogP contribution < -0.4 is 0 Å². The predicted octanol–water partition coefficient (Wildman–Crippen LogP) is 13.2. The smallest absolute Gasteiger partial charge is 0.164 e. The highest BCUT2D eigenvalue weighted by Gasteiger charge is 2.22. The minimum Gasteiger partial charge on any atom is -0.309 e. The second-order valence-electron chi connectivity index (χ2n) is 14.3. The number of nitrogens with zero attached hydrogens (tertiary/aromatic N) is 4. The van der Waals surface area contributed by atoms with Gasteiger partial charge in [-0.15, -0.1) is 0 Å². The van der Waals surface area contributed by atoms with Gasteiger partial charge in [-0.25, -0.2) is 15.0 Å². The Kier molecular flexibility index (Phi) is 6.31. The van der Waals surface area contributed by atoms with Crippen LogP contribution in [0, 0.1) is 0 Å². The highest BCUT2D eigenvalue weighted by molar-refractivity contribution is 6.34. The summed E-state index contributed by atoms with van der Waals surface area (Å²) in [7, 11) is 0. The summed E-state index contributed by atoms with van der Waals surface area (Å²) in [5, 5.41) is 14.8. The first kappa shape index (κ1) is 30.1. The Morgan fingerprint density at radius 1 is 0.291 bits per heavy atom. The van der Waals surface area contributed by atoms with Gasteiger partial charge < -0.3 is 4.57 Å². The van der Waals surface area contributed by atoms with Crippen molar-refractivity contribution in [3.8, 4) is 39.9 Å². The molecule has 55 heavy (non-hydrogen) atoms. The molecule has 4 nitrogen and oxygen atoms in total. The van der Waals surface area contributed by atoms with Crippen LogP contribution in [0.15, 0.2) is 182 Å². The molecule has 0 amide bonds. The molecule has 10 aromatic carbocycles. The SMILES string of the molecule is c1ccc(-c2nc(-c3ccccc3)nc(-c3cccc4c5ccccc5c5ccc(-n6c7cccc8c9ccccc9c9cccc6c9c87)cc5c34)n2)cc1. The molecule has 0 aliphatic rings. The lowest BCUT2D eigenvalue weighted by Gasteiger charge is -2.16. The molecule has 0 spiro atoms. The molecule has 0 radical (unpaired) electrons. The zero-order valence-corrected chi connectivity index (χ0v) is 29.6. The van der Waals surface area contributed by atoms with Gasteiger partial charge in [-0.3, -0.25) is 0 Å². The summed E-state index contributed by atoms with van der Waals surface area (Å²) in [6.07, 6.45) is 0. The number of hydrogen-bond donors (Lipinski definition) is 0. The normalized spacial score (nSPS) is 12.0. The maximum absolute atomic E-state index is 5.21. The van der Waals surface area contributed by atoms with Crippen LogP contribution in [0.5, 0.6) is 0 Å². The Labute approximate surface area is 315 Å². The maximum atomic E-state index is 5.21. The van der Waals surface area contributed by atoms with E-state index < -0.39 is 0 Å². The van der Waals surface area contributed by atoms with Crippen molar-refractivity contribution in [2.24, 2.45) is 0 Å². The molecular weight excluding hydrogens is 669 g/mol. The van der Waals surface area contributed by atoms with Crippen LogP contribution in [-0.2, 0) is 0 Å². The third-order valence-corrected chi connectivity index (χ3v) is 11.4. The van der Waals surface area contributed by atoms with E-state index in [2.05, 4.69) is 150 Å². The highest BCUT2D eigenvalue weighted by atomic mass is 15.0. The molecule has 0 aliphatic heterocycles. The zero-order valence-electron chi connectivity index (χ0n) is 29.6. The van der Waals surface area contributed by atoms with Crippen molar-refractivity contribution in [1.82, 2.24) is 19.5 Å². The Bertz CT molecular complexity index is 3330. The second-order valence-corrected chi connectivity index (χ2v) is 14.3. The van der Waals surface area contributed by atoms with E-state index in [1.807, 2.05) is 36.4 Å². The summed E-state index contributed by atoms with van der Waals surface area (Å²) in [5.74, 6) is 1.95. The first-order chi connectivity index (χ1) is 27.3. The molecule has 254 valence electrons. The van der Waals surface area contributed by atoms with Gasteiger partial charge in [0, 0.05) is 38.5 Å². The van der Waals surface area contributed by atoms with E-state index in [4.69, 9.17) is 15.0 Å². The summed E-state index contributed by atoms with van der Waals surface area (Å²) < 4.78 is 2.45. The van der Waals surface area contributed by atoms with Gasteiger partial charge in [0.05, 0.1) is 11.0 Å². The van der Waals surface area contributed by atoms with Gasteiger partial charge in [-0.05, 0) is 72.7 Å². The third kappa shape index (κ3) is 4.37. The van der Waals surface area contributed by atoms with Crippen molar-refractivity contribution in [3.05, 3.63) is 182 Å². The zero-order chi connectivity index (χ0) is 36.0. The fraction of sp³-hybridized carbons (Fsp3) is 0. The number of hydrogen-bond acceptors (Lipinski definition) is 3. The van der Waals surface area contributed by atoms with E-state index >= 15 is 0 Å². The highest BCUT2D eigenvalue weighted by Crippen LogP contribution is 2.45. The molecular formula is C51H30N4. The summed E-state index contributed by atoms with van der Waals surface area (Å²) in [5.41, 5.74) is 6.40. The van der Waals surface area contributed by atoms with E-state index in [0.717, 1.165) is 33.2 Å². The van der Waals surface area contributed by atoms with Crippen molar-refractivity contribution in [2.45, 2.75) is 0 Å². The number of fused-ring (bicyclic) bond motifs is 9. The summed E-state index contributed by atoms with van der Waals surface area (Å²) in [4.78, 5) is 15.4. The molecule has 2 heterocycles. The standard InChI is InChI=1S/C51H30N4/c1-3-14-31(15-4-1)49-52-50(32-16-5-2-6-17-32)54-51(53-49)42-25-11-22-39-35-19-8-7-18-34(35)38-29-28-33(30-43(38)46(39)42)55-44-26-12-23-40-36-20-9-10-21-37(36)41-24-13-27-45(55)48(41)47(40)44/h1-30H. The molecule has 0 bridgehead atoms. The van der Waals surface area contributed by atoms with E-state index in [-0.39, 0.29) is 0 Å². The fourth-order valence-corrected chi connectivity index (χ4v) is 9.04. The lowest BCUT2D eigenvalue weighted by Crippen LogP contribution is -2.01. The Hall–Kier alpha value is -7.43. The van der Waals surface area contributed by atoms with E-state index in [1.54, 1.807) is 0 Å². The molecule has 12 aromatic rings. The fourth-order valence-electron chi connectivity index (χ4n) is 9.04. The van der Waals surface area contributed by atoms with Gasteiger partial charge >= 0.3 is 0 Å². The number of benzene rings is 10. The van der Waals surface area contributed by atoms with Crippen LogP contribution in [0.1, 0.15) is 0 Å². The first-order valence-electron chi connectivity index (χ1n) is 18.7. The van der Waals surface area contributed by atoms with E-state index in [0.29, 0.717) is 17.5 Å². The summed E-state index contributed by atoms with van der Waals surface area (Å²) in [6, 6.07) is 64.9. The average molecular weight is 699 g/mol. The molecule has 4 heteroatoms. The topological polar surface area (TPSA) is 43.6 Å². The quantitative estimate of drug-likeness (QED) is 0.172. The van der Waals surface area contributed by atoms with Gasteiger partial charge in [-0.2, -0.15) is 0 Å². The minimum absolute atomic E-state index is 0.648. The lowest BCUT2D eigenvalue weighted by atomic mass is 9.91. The van der Waals surface area contributed by atoms with Crippen LogP contribution in [0.2, 0.25) is 0 Å². The van der Waals surface area contributed by atoms with Crippen molar-refractivity contribution < 1.29 is 0 Å². The van der Waals surface area contributed by atoms with Crippen molar-refractivity contribution >= 4 is 75.7 Å².